The lowest BCUT2D eigenvalue weighted by Crippen LogP contribution is -2.58. The van der Waals surface area contributed by atoms with Crippen LogP contribution in [-0.2, 0) is 9.59 Å². The van der Waals surface area contributed by atoms with E-state index in [-0.39, 0.29) is 24.2 Å². The topological polar surface area (TPSA) is 68.2 Å². The normalized spacial score (nSPS) is 17.4. The number of benzene rings is 2. The molecule has 4 rings (SSSR count). The summed E-state index contributed by atoms with van der Waals surface area (Å²) in [5.41, 5.74) is 4.75. The van der Waals surface area contributed by atoms with Crippen molar-refractivity contribution in [1.82, 2.24) is 10.3 Å². The predicted molar refractivity (Wildman–Crippen MR) is 105 cm³/mol. The van der Waals surface area contributed by atoms with Crippen LogP contribution in [-0.4, -0.2) is 55.3 Å². The van der Waals surface area contributed by atoms with Gasteiger partial charge in [0.25, 0.3) is 11.8 Å². The molecule has 2 aromatic carbocycles. The average Bonchev–Trinajstić information content (AvgIpc) is 2.75. The number of carbonyl (C=O) groups is 2. The lowest BCUT2D eigenvalue weighted by atomic mass is 10.2. The molecule has 2 heterocycles. The molecule has 0 aliphatic carbocycles. The van der Waals surface area contributed by atoms with Crippen LogP contribution in [0.3, 0.4) is 0 Å². The minimum absolute atomic E-state index is 0.0348. The number of anilines is 2. The van der Waals surface area contributed by atoms with Crippen LogP contribution in [0.1, 0.15) is 0 Å². The summed E-state index contributed by atoms with van der Waals surface area (Å²) < 4.78 is 0. The van der Waals surface area contributed by atoms with E-state index in [0.29, 0.717) is 18.8 Å². The summed E-state index contributed by atoms with van der Waals surface area (Å²) in [7, 11) is 0. The van der Waals surface area contributed by atoms with Crippen molar-refractivity contribution in [3.05, 3.63) is 60.7 Å². The fourth-order valence-corrected chi connectivity index (χ4v) is 3.28. The average molecular weight is 363 g/mol. The van der Waals surface area contributed by atoms with Crippen LogP contribution in [0.5, 0.6) is 0 Å². The molecular formula is C20H21N5O2. The summed E-state index contributed by atoms with van der Waals surface area (Å²) in [6.07, 6.45) is 0. The fourth-order valence-electron chi connectivity index (χ4n) is 3.28. The van der Waals surface area contributed by atoms with Gasteiger partial charge in [-0.25, -0.2) is 5.01 Å². The van der Waals surface area contributed by atoms with E-state index in [1.807, 2.05) is 48.5 Å². The van der Waals surface area contributed by atoms with Crippen LogP contribution >= 0.6 is 0 Å². The highest BCUT2D eigenvalue weighted by atomic mass is 16.2. The summed E-state index contributed by atoms with van der Waals surface area (Å²) in [5.74, 6) is -0.144. The zero-order valence-corrected chi connectivity index (χ0v) is 14.9. The van der Waals surface area contributed by atoms with Crippen molar-refractivity contribution < 1.29 is 9.59 Å². The highest BCUT2D eigenvalue weighted by Gasteiger charge is 2.30. The van der Waals surface area contributed by atoms with E-state index in [4.69, 9.17) is 0 Å². The Morgan fingerprint density at radius 2 is 1.44 bits per heavy atom. The van der Waals surface area contributed by atoms with Crippen LogP contribution in [0.25, 0.3) is 0 Å². The first kappa shape index (κ1) is 17.1. The number of amides is 2. The van der Waals surface area contributed by atoms with Crippen LogP contribution < -0.4 is 15.3 Å². The van der Waals surface area contributed by atoms with Gasteiger partial charge in [-0.2, -0.15) is 0 Å². The standard InChI is InChI=1S/C20H21N5O2/c26-18-15-21-19(22-25(18)17-9-5-2-6-10-17)20(27)24-13-11-23(12-14-24)16-7-3-1-4-8-16/h1-10H,11-15H2,(H,21,22). The Bertz CT molecular complexity index is 845. The number of piperazine rings is 1. The second-order valence-corrected chi connectivity index (χ2v) is 6.46. The van der Waals surface area contributed by atoms with Crippen molar-refractivity contribution in [3.8, 4) is 0 Å². The second kappa shape index (κ2) is 7.49. The molecule has 0 radical (unpaired) electrons. The molecule has 1 fully saturated rings. The van der Waals surface area contributed by atoms with Gasteiger partial charge in [-0.05, 0) is 24.3 Å². The van der Waals surface area contributed by atoms with Gasteiger partial charge in [-0.15, -0.1) is 0 Å². The molecule has 1 saturated heterocycles. The Kier molecular flexibility index (Phi) is 4.74. The zero-order valence-electron chi connectivity index (χ0n) is 14.9. The first-order valence-electron chi connectivity index (χ1n) is 9.01. The second-order valence-electron chi connectivity index (χ2n) is 6.46. The Morgan fingerprint density at radius 1 is 0.852 bits per heavy atom. The summed E-state index contributed by atoms with van der Waals surface area (Å²) in [6, 6.07) is 19.4. The molecule has 7 heteroatoms. The molecule has 138 valence electrons. The molecule has 27 heavy (non-hydrogen) atoms. The first-order chi connectivity index (χ1) is 13.2. The van der Waals surface area contributed by atoms with Crippen molar-refractivity contribution in [2.75, 3.05) is 42.6 Å². The molecule has 0 unspecified atom stereocenters. The highest BCUT2D eigenvalue weighted by molar-refractivity contribution is 6.39. The molecular weight excluding hydrogens is 342 g/mol. The molecule has 2 amide bonds. The van der Waals surface area contributed by atoms with E-state index < -0.39 is 0 Å². The summed E-state index contributed by atoms with van der Waals surface area (Å²) in [4.78, 5) is 33.2. The van der Waals surface area contributed by atoms with Gasteiger partial charge in [0.1, 0.15) is 6.54 Å². The van der Waals surface area contributed by atoms with Crippen molar-refractivity contribution in [2.45, 2.75) is 0 Å². The van der Waals surface area contributed by atoms with E-state index in [1.165, 1.54) is 10.7 Å². The minimum Gasteiger partial charge on any atom is -0.368 e. The molecule has 0 bridgehead atoms. The van der Waals surface area contributed by atoms with E-state index in [0.717, 1.165) is 13.1 Å². The van der Waals surface area contributed by atoms with Gasteiger partial charge in [0.2, 0.25) is 5.84 Å². The number of carbonyl (C=O) groups excluding carboxylic acids is 2. The highest BCUT2D eigenvalue weighted by Crippen LogP contribution is 2.17. The van der Waals surface area contributed by atoms with E-state index in [2.05, 4.69) is 27.5 Å². The maximum Gasteiger partial charge on any atom is 0.290 e. The number of rotatable bonds is 3. The maximum atomic E-state index is 12.9. The van der Waals surface area contributed by atoms with Crippen LogP contribution in [0, 0.1) is 0 Å². The van der Waals surface area contributed by atoms with Crippen molar-refractivity contribution in [3.63, 3.8) is 0 Å². The van der Waals surface area contributed by atoms with E-state index in [1.54, 1.807) is 4.90 Å². The molecule has 0 spiro atoms. The Hall–Kier alpha value is -3.35. The Balaban J connectivity index is 1.41. The van der Waals surface area contributed by atoms with Gasteiger partial charge >= 0.3 is 0 Å². The first-order valence-corrected chi connectivity index (χ1v) is 9.01. The number of aliphatic imine (C=N–C) groups is 1. The summed E-state index contributed by atoms with van der Waals surface area (Å²) >= 11 is 0. The molecule has 0 atom stereocenters. The lowest BCUT2D eigenvalue weighted by molar-refractivity contribution is -0.124. The van der Waals surface area contributed by atoms with Gasteiger partial charge in [-0.3, -0.25) is 20.0 Å². The monoisotopic (exact) mass is 363 g/mol. The maximum absolute atomic E-state index is 12.9. The third kappa shape index (κ3) is 3.62. The van der Waals surface area contributed by atoms with Gasteiger partial charge in [0.15, 0.2) is 0 Å². The molecule has 1 N–H and O–H groups in total. The Labute approximate surface area is 157 Å². The summed E-state index contributed by atoms with van der Waals surface area (Å²) in [6.45, 7) is 2.74. The van der Waals surface area contributed by atoms with Gasteiger partial charge < -0.3 is 9.80 Å². The van der Waals surface area contributed by atoms with Crippen molar-refractivity contribution >= 4 is 29.0 Å². The van der Waals surface area contributed by atoms with Crippen LogP contribution in [0.2, 0.25) is 0 Å². The van der Waals surface area contributed by atoms with Crippen LogP contribution in [0.15, 0.2) is 65.7 Å². The van der Waals surface area contributed by atoms with Crippen molar-refractivity contribution in [2.24, 2.45) is 4.99 Å². The molecule has 2 aliphatic rings. The van der Waals surface area contributed by atoms with E-state index in [9.17, 15) is 9.59 Å². The predicted octanol–water partition coefficient (Wildman–Crippen LogP) is 1.29. The number of nitrogens with zero attached hydrogens (tertiary/aromatic N) is 4. The number of nitrogens with one attached hydrogen (secondary N) is 1. The van der Waals surface area contributed by atoms with Crippen LogP contribution in [0.4, 0.5) is 11.4 Å². The third-order valence-electron chi connectivity index (χ3n) is 4.74. The van der Waals surface area contributed by atoms with Crippen molar-refractivity contribution in [1.29, 1.82) is 0 Å². The number of amidine groups is 1. The molecule has 2 aromatic rings. The SMILES string of the molecule is O=C(C1=NCC(=O)N(c2ccccc2)N1)N1CCN(c2ccccc2)CC1. The lowest BCUT2D eigenvalue weighted by Gasteiger charge is -2.37. The quantitative estimate of drug-likeness (QED) is 0.892. The number of hydrazine groups is 1. The van der Waals surface area contributed by atoms with Gasteiger partial charge in [-0.1, -0.05) is 36.4 Å². The smallest absolute Gasteiger partial charge is 0.290 e. The number of hydrogen-bond donors (Lipinski definition) is 1. The number of para-hydroxylation sites is 2. The molecule has 0 saturated carbocycles. The minimum atomic E-state index is -0.188. The largest absolute Gasteiger partial charge is 0.368 e. The molecule has 7 nitrogen and oxygen atoms in total. The number of hydrogen-bond acceptors (Lipinski definition) is 5. The van der Waals surface area contributed by atoms with E-state index >= 15 is 0 Å². The van der Waals surface area contributed by atoms with Gasteiger partial charge in [0, 0.05) is 31.9 Å². The molecule has 2 aliphatic heterocycles. The van der Waals surface area contributed by atoms with Gasteiger partial charge in [0.05, 0.1) is 5.69 Å². The Morgan fingerprint density at radius 3 is 2.07 bits per heavy atom. The fraction of sp³-hybridized carbons (Fsp3) is 0.250. The zero-order chi connectivity index (χ0) is 18.6. The third-order valence-corrected chi connectivity index (χ3v) is 4.74. The summed E-state index contributed by atoms with van der Waals surface area (Å²) in [5, 5.41) is 1.39. The molecule has 0 aromatic heterocycles.